The van der Waals surface area contributed by atoms with Gasteiger partial charge in [-0.15, -0.1) is 0 Å². The Kier molecular flexibility index (Phi) is 4.38. The van der Waals surface area contributed by atoms with E-state index in [0.29, 0.717) is 18.4 Å². The van der Waals surface area contributed by atoms with Crippen LogP contribution in [0.25, 0.3) is 6.08 Å². The lowest BCUT2D eigenvalue weighted by molar-refractivity contribution is 0.0906. The predicted molar refractivity (Wildman–Crippen MR) is 75.7 cm³/mol. The first kappa shape index (κ1) is 14.2. The SMILES string of the molecule is Nc1nc(=O)n(C2CC(O)C(CO)C2)cc1/C=C/Br. The molecule has 0 radical (unpaired) electrons. The van der Waals surface area contributed by atoms with E-state index in [1.165, 1.54) is 4.57 Å². The van der Waals surface area contributed by atoms with Gasteiger partial charge in [0.1, 0.15) is 5.82 Å². The van der Waals surface area contributed by atoms with Crippen LogP contribution in [0.5, 0.6) is 0 Å². The number of nitrogens with two attached hydrogens (primary N) is 1. The van der Waals surface area contributed by atoms with Gasteiger partial charge < -0.3 is 15.9 Å². The molecule has 0 bridgehead atoms. The van der Waals surface area contributed by atoms with Crippen molar-refractivity contribution in [1.82, 2.24) is 9.55 Å². The quantitative estimate of drug-likeness (QED) is 0.749. The molecule has 0 aromatic carbocycles. The van der Waals surface area contributed by atoms with E-state index < -0.39 is 11.8 Å². The molecule has 19 heavy (non-hydrogen) atoms. The van der Waals surface area contributed by atoms with Gasteiger partial charge in [-0.05, 0) is 23.9 Å². The average Bonchev–Trinajstić information content (AvgIpc) is 2.74. The molecule has 1 aliphatic carbocycles. The molecule has 4 N–H and O–H groups in total. The van der Waals surface area contributed by atoms with Gasteiger partial charge in [-0.2, -0.15) is 4.98 Å². The maximum atomic E-state index is 11.9. The maximum Gasteiger partial charge on any atom is 0.349 e. The minimum Gasteiger partial charge on any atom is -0.396 e. The van der Waals surface area contributed by atoms with Crippen molar-refractivity contribution in [3.05, 3.63) is 27.2 Å². The lowest BCUT2D eigenvalue weighted by atomic mass is 10.1. The third-order valence-electron chi connectivity index (χ3n) is 3.51. The Labute approximate surface area is 118 Å². The Bertz CT molecular complexity index is 544. The number of aliphatic hydroxyl groups excluding tert-OH is 2. The Balaban J connectivity index is 2.35. The average molecular weight is 330 g/mol. The van der Waals surface area contributed by atoms with Crippen LogP contribution in [0.2, 0.25) is 0 Å². The topological polar surface area (TPSA) is 101 Å². The summed E-state index contributed by atoms with van der Waals surface area (Å²) in [5.74, 6) is -0.0150. The summed E-state index contributed by atoms with van der Waals surface area (Å²) in [6.45, 7) is -0.0804. The number of hydrogen-bond acceptors (Lipinski definition) is 5. The number of rotatable bonds is 3. The molecule has 0 amide bonds. The van der Waals surface area contributed by atoms with Crippen molar-refractivity contribution >= 4 is 27.8 Å². The van der Waals surface area contributed by atoms with Gasteiger partial charge >= 0.3 is 5.69 Å². The van der Waals surface area contributed by atoms with Crippen molar-refractivity contribution in [1.29, 1.82) is 0 Å². The van der Waals surface area contributed by atoms with Gasteiger partial charge in [0, 0.05) is 30.3 Å². The molecule has 1 saturated carbocycles. The van der Waals surface area contributed by atoms with Crippen molar-refractivity contribution in [2.45, 2.75) is 25.0 Å². The molecule has 1 aromatic heterocycles. The molecule has 7 heteroatoms. The lowest BCUT2D eigenvalue weighted by Crippen LogP contribution is -2.27. The normalized spacial score (nSPS) is 27.2. The fourth-order valence-corrected chi connectivity index (χ4v) is 2.74. The number of aromatic nitrogens is 2. The molecule has 0 saturated heterocycles. The molecule has 0 aliphatic heterocycles. The lowest BCUT2D eigenvalue weighted by Gasteiger charge is -2.14. The molecule has 104 valence electrons. The van der Waals surface area contributed by atoms with Crippen LogP contribution in [0, 0.1) is 5.92 Å². The van der Waals surface area contributed by atoms with E-state index in [9.17, 15) is 9.90 Å². The highest BCUT2D eigenvalue weighted by Gasteiger charge is 2.34. The summed E-state index contributed by atoms with van der Waals surface area (Å²) >= 11 is 3.15. The van der Waals surface area contributed by atoms with Gasteiger partial charge in [0.15, 0.2) is 0 Å². The zero-order valence-electron chi connectivity index (χ0n) is 10.2. The molecule has 1 aromatic rings. The van der Waals surface area contributed by atoms with E-state index in [1.54, 1.807) is 17.3 Å². The molecule has 1 fully saturated rings. The number of halogens is 1. The summed E-state index contributed by atoms with van der Waals surface area (Å²) in [7, 11) is 0. The molecule has 1 heterocycles. The first-order valence-electron chi connectivity index (χ1n) is 6.01. The largest absolute Gasteiger partial charge is 0.396 e. The number of aliphatic hydroxyl groups is 2. The molecule has 6 nitrogen and oxygen atoms in total. The van der Waals surface area contributed by atoms with Gasteiger partial charge in [0.05, 0.1) is 6.10 Å². The number of nitrogen functional groups attached to an aromatic ring is 1. The highest BCUT2D eigenvalue weighted by atomic mass is 79.9. The standard InChI is InChI=1S/C12H16BrN3O3/c13-2-1-7-5-16(12(19)15-11(7)14)9-3-8(6-17)10(18)4-9/h1-2,5,8-10,17-18H,3-4,6H2,(H2,14,15,19)/b2-1+. The van der Waals surface area contributed by atoms with Crippen LogP contribution in [0.15, 0.2) is 16.0 Å². The van der Waals surface area contributed by atoms with Gasteiger partial charge in [0.2, 0.25) is 0 Å². The summed E-state index contributed by atoms with van der Waals surface area (Å²) in [6, 6.07) is -0.157. The first-order chi connectivity index (χ1) is 9.06. The van der Waals surface area contributed by atoms with Crippen molar-refractivity contribution in [2.75, 3.05) is 12.3 Å². The predicted octanol–water partition coefficient (Wildman–Crippen LogP) is 0.495. The molecule has 2 rings (SSSR count). The summed E-state index contributed by atoms with van der Waals surface area (Å²) in [4.78, 5) is 17.3. The smallest absolute Gasteiger partial charge is 0.349 e. The van der Waals surface area contributed by atoms with Crippen molar-refractivity contribution in [3.8, 4) is 0 Å². The van der Waals surface area contributed by atoms with Gasteiger partial charge in [-0.1, -0.05) is 15.9 Å². The molecular formula is C12H16BrN3O3. The Hall–Kier alpha value is -1.18. The van der Waals surface area contributed by atoms with Crippen LogP contribution < -0.4 is 11.4 Å². The highest BCUT2D eigenvalue weighted by Crippen LogP contribution is 2.34. The number of nitrogens with zero attached hydrogens (tertiary/aromatic N) is 2. The molecular weight excluding hydrogens is 314 g/mol. The van der Waals surface area contributed by atoms with Crippen molar-refractivity contribution < 1.29 is 10.2 Å². The summed E-state index contributed by atoms with van der Waals surface area (Å²) in [5, 5.41) is 18.9. The van der Waals surface area contributed by atoms with Crippen LogP contribution in [0.3, 0.4) is 0 Å². The fraction of sp³-hybridized carbons (Fsp3) is 0.500. The second kappa shape index (κ2) is 5.85. The number of anilines is 1. The molecule has 3 unspecified atom stereocenters. The fourth-order valence-electron chi connectivity index (χ4n) is 2.45. The van der Waals surface area contributed by atoms with Gasteiger partial charge in [-0.3, -0.25) is 4.57 Å². The maximum absolute atomic E-state index is 11.9. The summed E-state index contributed by atoms with van der Waals surface area (Å²) in [5.41, 5.74) is 5.88. The van der Waals surface area contributed by atoms with Crippen LogP contribution in [0.4, 0.5) is 5.82 Å². The third-order valence-corrected chi connectivity index (χ3v) is 3.78. The Morgan fingerprint density at radius 1 is 1.58 bits per heavy atom. The molecule has 1 aliphatic rings. The monoisotopic (exact) mass is 329 g/mol. The number of hydrogen-bond donors (Lipinski definition) is 3. The van der Waals surface area contributed by atoms with E-state index in [2.05, 4.69) is 20.9 Å². The van der Waals surface area contributed by atoms with Crippen LogP contribution in [0.1, 0.15) is 24.4 Å². The first-order valence-corrected chi connectivity index (χ1v) is 6.92. The summed E-state index contributed by atoms with van der Waals surface area (Å²) < 4.78 is 1.48. The highest BCUT2D eigenvalue weighted by molar-refractivity contribution is 9.11. The minimum atomic E-state index is -0.588. The zero-order chi connectivity index (χ0) is 14.0. The Morgan fingerprint density at radius 3 is 2.89 bits per heavy atom. The van der Waals surface area contributed by atoms with E-state index in [1.807, 2.05) is 0 Å². The Morgan fingerprint density at radius 2 is 2.32 bits per heavy atom. The zero-order valence-corrected chi connectivity index (χ0v) is 11.8. The van der Waals surface area contributed by atoms with E-state index in [0.717, 1.165) is 0 Å². The van der Waals surface area contributed by atoms with Crippen LogP contribution in [-0.4, -0.2) is 32.5 Å². The van der Waals surface area contributed by atoms with Crippen LogP contribution in [-0.2, 0) is 0 Å². The van der Waals surface area contributed by atoms with Gasteiger partial charge in [-0.25, -0.2) is 4.79 Å². The van der Waals surface area contributed by atoms with Crippen LogP contribution >= 0.6 is 15.9 Å². The minimum absolute atomic E-state index is 0.0804. The molecule has 3 atom stereocenters. The van der Waals surface area contributed by atoms with Crippen molar-refractivity contribution in [3.63, 3.8) is 0 Å². The van der Waals surface area contributed by atoms with E-state index in [4.69, 9.17) is 10.8 Å². The third kappa shape index (κ3) is 2.88. The van der Waals surface area contributed by atoms with E-state index >= 15 is 0 Å². The van der Waals surface area contributed by atoms with Gasteiger partial charge in [0.25, 0.3) is 0 Å². The second-order valence-electron chi connectivity index (χ2n) is 4.70. The molecule has 0 spiro atoms. The van der Waals surface area contributed by atoms with E-state index in [-0.39, 0.29) is 24.4 Å². The second-order valence-corrected chi connectivity index (χ2v) is 5.23. The van der Waals surface area contributed by atoms with Crippen molar-refractivity contribution in [2.24, 2.45) is 5.92 Å². The summed E-state index contributed by atoms with van der Waals surface area (Å²) in [6.07, 6.45) is 3.75.